The van der Waals surface area contributed by atoms with Crippen LogP contribution < -0.4 is 5.32 Å². The Morgan fingerprint density at radius 2 is 2.10 bits per heavy atom. The van der Waals surface area contributed by atoms with Crippen molar-refractivity contribution in [3.8, 4) is 6.07 Å². The van der Waals surface area contributed by atoms with Crippen LogP contribution in [0.1, 0.15) is 37.7 Å². The average molecular weight is 293 g/mol. The quantitative estimate of drug-likeness (QED) is 0.888. The van der Waals surface area contributed by atoms with E-state index in [4.69, 9.17) is 16.9 Å². The maximum absolute atomic E-state index is 11.5. The summed E-state index contributed by atoms with van der Waals surface area (Å²) in [5.74, 6) is -0.717. The van der Waals surface area contributed by atoms with E-state index in [0.29, 0.717) is 16.3 Å². The number of hydrogen-bond donors (Lipinski definition) is 2. The monoisotopic (exact) mass is 292 g/mol. The summed E-state index contributed by atoms with van der Waals surface area (Å²) in [6, 6.07) is 6.23. The molecule has 0 saturated heterocycles. The molecule has 0 spiro atoms. The number of nitriles is 1. The highest BCUT2D eigenvalue weighted by Crippen LogP contribution is 2.30. The topological polar surface area (TPSA) is 73.1 Å². The van der Waals surface area contributed by atoms with E-state index in [1.165, 1.54) is 6.42 Å². The lowest BCUT2D eigenvalue weighted by Gasteiger charge is -2.29. The Labute approximate surface area is 123 Å². The highest BCUT2D eigenvalue weighted by atomic mass is 35.5. The third-order valence-corrected chi connectivity index (χ3v) is 4.11. The lowest BCUT2D eigenvalue weighted by Crippen LogP contribution is -2.38. The lowest BCUT2D eigenvalue weighted by atomic mass is 9.84. The van der Waals surface area contributed by atoms with Gasteiger partial charge in [0.05, 0.1) is 22.3 Å². The van der Waals surface area contributed by atoms with Gasteiger partial charge in [-0.05, 0) is 37.0 Å². The van der Waals surface area contributed by atoms with E-state index in [1.807, 2.05) is 6.07 Å². The first-order chi connectivity index (χ1) is 9.61. The zero-order chi connectivity index (χ0) is 14.5. The Hall–Kier alpha value is -1.73. The molecule has 1 aromatic rings. The highest BCUT2D eigenvalue weighted by molar-refractivity contribution is 6.33. The summed E-state index contributed by atoms with van der Waals surface area (Å²) in [6.07, 6.45) is 5.20. The molecule has 1 aliphatic rings. The van der Waals surface area contributed by atoms with Gasteiger partial charge in [0.15, 0.2) is 0 Å². The first kappa shape index (κ1) is 14.7. The molecule has 2 N–H and O–H groups in total. The molecule has 1 aromatic carbocycles. The van der Waals surface area contributed by atoms with E-state index in [2.05, 4.69) is 5.32 Å². The van der Waals surface area contributed by atoms with Gasteiger partial charge in [-0.25, -0.2) is 4.79 Å². The molecule has 1 fully saturated rings. The molecule has 0 aromatic heterocycles. The second kappa shape index (κ2) is 6.62. The fraction of sp³-hybridized carbons (Fsp3) is 0.467. The Balaban J connectivity index is 2.16. The van der Waals surface area contributed by atoms with Crippen molar-refractivity contribution >= 4 is 23.3 Å². The molecule has 1 unspecified atom stereocenters. The molecule has 0 heterocycles. The number of carboxylic acids is 1. The van der Waals surface area contributed by atoms with Crippen LogP contribution in [-0.4, -0.2) is 17.1 Å². The summed E-state index contributed by atoms with van der Waals surface area (Å²) >= 11 is 6.09. The van der Waals surface area contributed by atoms with Gasteiger partial charge < -0.3 is 10.4 Å². The second-order valence-electron chi connectivity index (χ2n) is 5.16. The summed E-state index contributed by atoms with van der Waals surface area (Å²) < 4.78 is 0. The van der Waals surface area contributed by atoms with E-state index in [9.17, 15) is 9.90 Å². The fourth-order valence-corrected chi connectivity index (χ4v) is 2.95. The molecule has 2 rings (SSSR count). The average Bonchev–Trinajstić information content (AvgIpc) is 2.46. The molecule has 0 bridgehead atoms. The molecule has 4 nitrogen and oxygen atoms in total. The number of rotatable bonds is 4. The van der Waals surface area contributed by atoms with Crippen LogP contribution in [0.4, 0.5) is 5.69 Å². The maximum atomic E-state index is 11.5. The van der Waals surface area contributed by atoms with Crippen LogP contribution in [0.2, 0.25) is 5.02 Å². The van der Waals surface area contributed by atoms with Crippen LogP contribution in [-0.2, 0) is 4.79 Å². The number of nitrogens with one attached hydrogen (secondary N) is 1. The number of aliphatic carboxylic acids is 1. The largest absolute Gasteiger partial charge is 0.480 e. The number of anilines is 1. The standard InChI is InChI=1S/C15H17ClN2O2/c16-12-8-10(9-17)6-7-13(12)18-14(15(19)20)11-4-2-1-3-5-11/h6-8,11,14,18H,1-5H2,(H,19,20). The molecule has 1 saturated carbocycles. The van der Waals surface area contributed by atoms with E-state index in [0.717, 1.165) is 25.7 Å². The molecule has 0 aliphatic heterocycles. The number of hydrogen-bond acceptors (Lipinski definition) is 3. The predicted molar refractivity (Wildman–Crippen MR) is 77.8 cm³/mol. The van der Waals surface area contributed by atoms with Crippen molar-refractivity contribution in [2.75, 3.05) is 5.32 Å². The third kappa shape index (κ3) is 3.43. The Morgan fingerprint density at radius 3 is 2.65 bits per heavy atom. The molecule has 1 aliphatic carbocycles. The number of nitrogens with zero attached hydrogens (tertiary/aromatic N) is 1. The number of benzene rings is 1. The molecular weight excluding hydrogens is 276 g/mol. The molecule has 106 valence electrons. The van der Waals surface area contributed by atoms with Gasteiger partial charge in [-0.3, -0.25) is 0 Å². The number of carboxylic acid groups (broad SMARTS) is 1. The Bertz CT molecular complexity index is 533. The van der Waals surface area contributed by atoms with Gasteiger partial charge in [0, 0.05) is 0 Å². The van der Waals surface area contributed by atoms with Crippen molar-refractivity contribution in [1.82, 2.24) is 0 Å². The van der Waals surface area contributed by atoms with Gasteiger partial charge in [-0.15, -0.1) is 0 Å². The molecule has 20 heavy (non-hydrogen) atoms. The van der Waals surface area contributed by atoms with Gasteiger partial charge in [0.2, 0.25) is 0 Å². The molecule has 0 amide bonds. The van der Waals surface area contributed by atoms with Crippen molar-refractivity contribution in [2.24, 2.45) is 5.92 Å². The smallest absolute Gasteiger partial charge is 0.326 e. The van der Waals surface area contributed by atoms with E-state index < -0.39 is 12.0 Å². The van der Waals surface area contributed by atoms with Crippen molar-refractivity contribution < 1.29 is 9.90 Å². The second-order valence-corrected chi connectivity index (χ2v) is 5.57. The molecule has 0 radical (unpaired) electrons. The third-order valence-electron chi connectivity index (χ3n) is 3.80. The van der Waals surface area contributed by atoms with Crippen molar-refractivity contribution in [3.63, 3.8) is 0 Å². The molecule has 1 atom stereocenters. The van der Waals surface area contributed by atoms with Crippen LogP contribution in [0.5, 0.6) is 0 Å². The number of halogens is 1. The first-order valence-corrected chi connectivity index (χ1v) is 7.18. The summed E-state index contributed by atoms with van der Waals surface area (Å²) in [7, 11) is 0. The van der Waals surface area contributed by atoms with Crippen molar-refractivity contribution in [1.29, 1.82) is 5.26 Å². The van der Waals surface area contributed by atoms with E-state index in [1.54, 1.807) is 18.2 Å². The summed E-state index contributed by atoms with van der Waals surface area (Å²) in [6.45, 7) is 0. The van der Waals surface area contributed by atoms with Crippen LogP contribution in [0, 0.1) is 17.2 Å². The summed E-state index contributed by atoms with van der Waals surface area (Å²) in [5.41, 5.74) is 1.04. The summed E-state index contributed by atoms with van der Waals surface area (Å²) in [4.78, 5) is 11.5. The van der Waals surface area contributed by atoms with E-state index >= 15 is 0 Å². The van der Waals surface area contributed by atoms with Gasteiger partial charge in [-0.2, -0.15) is 5.26 Å². The van der Waals surface area contributed by atoms with E-state index in [-0.39, 0.29) is 5.92 Å². The minimum Gasteiger partial charge on any atom is -0.480 e. The van der Waals surface area contributed by atoms with Crippen molar-refractivity contribution in [3.05, 3.63) is 28.8 Å². The van der Waals surface area contributed by atoms with Crippen LogP contribution in [0.3, 0.4) is 0 Å². The van der Waals surface area contributed by atoms with Crippen molar-refractivity contribution in [2.45, 2.75) is 38.1 Å². The lowest BCUT2D eigenvalue weighted by molar-refractivity contribution is -0.139. The van der Waals surface area contributed by atoms with Crippen LogP contribution in [0.25, 0.3) is 0 Å². The molecular formula is C15H17ClN2O2. The van der Waals surface area contributed by atoms with Gasteiger partial charge in [0.25, 0.3) is 0 Å². The summed E-state index contributed by atoms with van der Waals surface area (Å²) in [5, 5.41) is 21.6. The zero-order valence-electron chi connectivity index (χ0n) is 11.1. The van der Waals surface area contributed by atoms with Gasteiger partial charge >= 0.3 is 5.97 Å². The number of carbonyl (C=O) groups is 1. The zero-order valence-corrected chi connectivity index (χ0v) is 11.9. The Morgan fingerprint density at radius 1 is 1.40 bits per heavy atom. The SMILES string of the molecule is N#Cc1ccc(NC(C(=O)O)C2CCCCC2)c(Cl)c1. The normalized spacial score (nSPS) is 17.2. The highest BCUT2D eigenvalue weighted by Gasteiger charge is 2.29. The van der Waals surface area contributed by atoms with Gasteiger partial charge in [0.1, 0.15) is 6.04 Å². The van der Waals surface area contributed by atoms with Crippen LogP contribution >= 0.6 is 11.6 Å². The Kier molecular flexibility index (Phi) is 4.86. The maximum Gasteiger partial charge on any atom is 0.326 e. The minimum atomic E-state index is -0.850. The first-order valence-electron chi connectivity index (χ1n) is 6.81. The predicted octanol–water partition coefficient (Wildman–Crippen LogP) is 3.66. The van der Waals surface area contributed by atoms with Gasteiger partial charge in [-0.1, -0.05) is 30.9 Å². The van der Waals surface area contributed by atoms with Crippen LogP contribution in [0.15, 0.2) is 18.2 Å². The molecule has 5 heteroatoms. The minimum absolute atomic E-state index is 0.132. The fourth-order valence-electron chi connectivity index (χ4n) is 2.72.